The molecule has 0 saturated heterocycles. The summed E-state index contributed by atoms with van der Waals surface area (Å²) in [4.78, 5) is 0. The van der Waals surface area contributed by atoms with Gasteiger partial charge >= 0.3 is 0 Å². The van der Waals surface area contributed by atoms with Crippen LogP contribution in [0.15, 0.2) is 54.6 Å². The Morgan fingerprint density at radius 2 is 1.28 bits per heavy atom. The maximum atomic E-state index is 10.1. The van der Waals surface area contributed by atoms with Gasteiger partial charge in [-0.05, 0) is 23.3 Å². The fourth-order valence-electron chi connectivity index (χ4n) is 1.82. The van der Waals surface area contributed by atoms with Crippen molar-refractivity contribution in [2.24, 2.45) is 0 Å². The quantitative estimate of drug-likeness (QED) is 0.868. The van der Waals surface area contributed by atoms with Gasteiger partial charge in [0.05, 0.1) is 7.11 Å². The second kappa shape index (κ2) is 5.67. The molecule has 3 heteroatoms. The average Bonchev–Trinajstić information content (AvgIpc) is 2.47. The van der Waals surface area contributed by atoms with E-state index >= 15 is 0 Å². The van der Waals surface area contributed by atoms with Crippen LogP contribution in [0.4, 0.5) is 0 Å². The summed E-state index contributed by atoms with van der Waals surface area (Å²) < 4.78 is 5.05. The van der Waals surface area contributed by atoms with Gasteiger partial charge in [0, 0.05) is 0 Å². The third-order valence-electron chi connectivity index (χ3n) is 2.90. The number of aliphatic hydroxyl groups excluding tert-OH is 2. The van der Waals surface area contributed by atoms with Gasteiger partial charge in [-0.2, -0.15) is 0 Å². The standard InChI is InChI=1S/C15H16O3/c1-18-13-9-7-12(8-10-13)15(17)14(16)11-5-3-2-4-6-11/h2-10,14-17H,1H3/t14-,15-/m0/s1. The molecule has 0 fully saturated rings. The molecule has 0 aliphatic heterocycles. The zero-order valence-corrected chi connectivity index (χ0v) is 10.2. The summed E-state index contributed by atoms with van der Waals surface area (Å²) in [6.07, 6.45) is -1.88. The summed E-state index contributed by atoms with van der Waals surface area (Å²) in [6, 6.07) is 16.1. The Kier molecular flexibility index (Phi) is 3.97. The molecule has 3 nitrogen and oxygen atoms in total. The molecule has 2 rings (SSSR count). The highest BCUT2D eigenvalue weighted by Crippen LogP contribution is 2.29. The van der Waals surface area contributed by atoms with Crippen molar-refractivity contribution in [2.75, 3.05) is 7.11 Å². The Labute approximate surface area is 106 Å². The van der Waals surface area contributed by atoms with Crippen molar-refractivity contribution in [3.05, 3.63) is 65.7 Å². The summed E-state index contributed by atoms with van der Waals surface area (Å²) in [6.45, 7) is 0. The Morgan fingerprint density at radius 3 is 1.78 bits per heavy atom. The molecular formula is C15H16O3. The van der Waals surface area contributed by atoms with E-state index in [1.807, 2.05) is 18.2 Å². The zero-order chi connectivity index (χ0) is 13.0. The van der Waals surface area contributed by atoms with E-state index in [-0.39, 0.29) is 0 Å². The predicted molar refractivity (Wildman–Crippen MR) is 69.4 cm³/mol. The first-order valence-corrected chi connectivity index (χ1v) is 5.77. The predicted octanol–water partition coefficient (Wildman–Crippen LogP) is 2.46. The van der Waals surface area contributed by atoms with Gasteiger partial charge in [-0.1, -0.05) is 42.5 Å². The molecule has 2 aromatic rings. The maximum Gasteiger partial charge on any atom is 0.118 e. The molecule has 2 N–H and O–H groups in total. The molecule has 94 valence electrons. The van der Waals surface area contributed by atoms with Crippen molar-refractivity contribution >= 4 is 0 Å². The maximum absolute atomic E-state index is 10.1. The van der Waals surface area contributed by atoms with Crippen molar-refractivity contribution < 1.29 is 14.9 Å². The minimum absolute atomic E-state index is 0.659. The van der Waals surface area contributed by atoms with Crippen molar-refractivity contribution in [3.63, 3.8) is 0 Å². The van der Waals surface area contributed by atoms with Crippen molar-refractivity contribution in [1.29, 1.82) is 0 Å². The van der Waals surface area contributed by atoms with Crippen molar-refractivity contribution in [2.45, 2.75) is 12.2 Å². The van der Waals surface area contributed by atoms with E-state index in [9.17, 15) is 10.2 Å². The van der Waals surface area contributed by atoms with E-state index in [1.54, 1.807) is 43.5 Å². The number of rotatable bonds is 4. The van der Waals surface area contributed by atoms with Crippen LogP contribution in [0.25, 0.3) is 0 Å². The van der Waals surface area contributed by atoms with Crippen LogP contribution in [0.1, 0.15) is 23.3 Å². The molecule has 0 spiro atoms. The third kappa shape index (κ3) is 2.70. The van der Waals surface area contributed by atoms with Crippen LogP contribution in [-0.2, 0) is 0 Å². The largest absolute Gasteiger partial charge is 0.497 e. The smallest absolute Gasteiger partial charge is 0.118 e. The Hall–Kier alpha value is -1.84. The lowest BCUT2D eigenvalue weighted by Gasteiger charge is -2.18. The molecule has 18 heavy (non-hydrogen) atoms. The second-order valence-electron chi connectivity index (χ2n) is 4.07. The fourth-order valence-corrected chi connectivity index (χ4v) is 1.82. The second-order valence-corrected chi connectivity index (χ2v) is 4.07. The van der Waals surface area contributed by atoms with Gasteiger partial charge in [0.15, 0.2) is 0 Å². The Bertz CT molecular complexity index is 479. The van der Waals surface area contributed by atoms with E-state index in [2.05, 4.69) is 0 Å². The first kappa shape index (κ1) is 12.6. The first-order valence-electron chi connectivity index (χ1n) is 5.77. The molecule has 0 saturated carbocycles. The number of benzene rings is 2. The average molecular weight is 244 g/mol. The number of hydrogen-bond acceptors (Lipinski definition) is 3. The SMILES string of the molecule is COc1ccc([C@H](O)[C@@H](O)c2ccccc2)cc1. The molecule has 0 unspecified atom stereocenters. The van der Waals surface area contributed by atoms with Gasteiger partial charge in [-0.3, -0.25) is 0 Å². The topological polar surface area (TPSA) is 49.7 Å². The molecule has 0 bridgehead atoms. The number of hydrogen-bond donors (Lipinski definition) is 2. The molecule has 0 amide bonds. The summed E-state index contributed by atoms with van der Waals surface area (Å²) in [5, 5.41) is 20.2. The fraction of sp³-hybridized carbons (Fsp3) is 0.200. The molecule has 0 heterocycles. The van der Waals surface area contributed by atoms with Crippen LogP contribution >= 0.6 is 0 Å². The number of methoxy groups -OCH3 is 1. The minimum Gasteiger partial charge on any atom is -0.497 e. The summed E-state index contributed by atoms with van der Waals surface area (Å²) in [5.74, 6) is 0.722. The minimum atomic E-state index is -0.946. The van der Waals surface area contributed by atoms with Crippen LogP contribution in [0, 0.1) is 0 Å². The molecular weight excluding hydrogens is 228 g/mol. The summed E-state index contributed by atoms with van der Waals surface area (Å²) >= 11 is 0. The number of ether oxygens (including phenoxy) is 1. The van der Waals surface area contributed by atoms with Gasteiger partial charge in [-0.15, -0.1) is 0 Å². The highest BCUT2D eigenvalue weighted by Gasteiger charge is 2.19. The highest BCUT2D eigenvalue weighted by atomic mass is 16.5. The lowest BCUT2D eigenvalue weighted by atomic mass is 9.98. The van der Waals surface area contributed by atoms with Crippen molar-refractivity contribution in [1.82, 2.24) is 0 Å². The molecule has 2 aromatic carbocycles. The summed E-state index contributed by atoms with van der Waals surface area (Å²) in [7, 11) is 1.59. The summed E-state index contributed by atoms with van der Waals surface area (Å²) in [5.41, 5.74) is 1.35. The van der Waals surface area contributed by atoms with Gasteiger partial charge in [0.25, 0.3) is 0 Å². The Balaban J connectivity index is 2.17. The van der Waals surface area contributed by atoms with E-state index in [0.29, 0.717) is 11.1 Å². The van der Waals surface area contributed by atoms with E-state index in [4.69, 9.17) is 4.74 Å². The highest BCUT2D eigenvalue weighted by molar-refractivity contribution is 5.30. The lowest BCUT2D eigenvalue weighted by molar-refractivity contribution is 0.0172. The first-order chi connectivity index (χ1) is 8.72. The van der Waals surface area contributed by atoms with Gasteiger partial charge in [0.1, 0.15) is 18.0 Å². The van der Waals surface area contributed by atoms with Crippen LogP contribution < -0.4 is 4.74 Å². The molecule has 0 aromatic heterocycles. The van der Waals surface area contributed by atoms with Crippen LogP contribution in [0.3, 0.4) is 0 Å². The normalized spacial score (nSPS) is 13.9. The van der Waals surface area contributed by atoms with Gasteiger partial charge in [-0.25, -0.2) is 0 Å². The van der Waals surface area contributed by atoms with Crippen molar-refractivity contribution in [3.8, 4) is 5.75 Å². The van der Waals surface area contributed by atoms with E-state index < -0.39 is 12.2 Å². The molecule has 0 aliphatic carbocycles. The van der Waals surface area contributed by atoms with Crippen LogP contribution in [0.5, 0.6) is 5.75 Å². The zero-order valence-electron chi connectivity index (χ0n) is 10.2. The third-order valence-corrected chi connectivity index (χ3v) is 2.90. The van der Waals surface area contributed by atoms with Crippen LogP contribution in [-0.4, -0.2) is 17.3 Å². The Morgan fingerprint density at radius 1 is 0.778 bits per heavy atom. The molecule has 0 radical (unpaired) electrons. The number of aliphatic hydroxyl groups is 2. The van der Waals surface area contributed by atoms with Crippen LogP contribution in [0.2, 0.25) is 0 Å². The lowest BCUT2D eigenvalue weighted by Crippen LogP contribution is -2.10. The van der Waals surface area contributed by atoms with Gasteiger partial charge < -0.3 is 14.9 Å². The molecule has 2 atom stereocenters. The monoisotopic (exact) mass is 244 g/mol. The molecule has 0 aliphatic rings. The van der Waals surface area contributed by atoms with Gasteiger partial charge in [0.2, 0.25) is 0 Å². The van der Waals surface area contributed by atoms with E-state index in [1.165, 1.54) is 0 Å². The van der Waals surface area contributed by atoms with E-state index in [0.717, 1.165) is 5.75 Å².